The van der Waals surface area contributed by atoms with Crippen molar-refractivity contribution in [3.05, 3.63) is 78.7 Å². The van der Waals surface area contributed by atoms with E-state index in [0.29, 0.717) is 22.4 Å². The number of para-hydroxylation sites is 1. The maximum Gasteiger partial charge on any atom is 0.180 e. The van der Waals surface area contributed by atoms with Crippen molar-refractivity contribution >= 4 is 30.6 Å². The number of benzene rings is 3. The van der Waals surface area contributed by atoms with Crippen LogP contribution in [0.3, 0.4) is 0 Å². The van der Waals surface area contributed by atoms with E-state index in [1.54, 1.807) is 44.2 Å². The SMILES string of the molecule is CC(C)S(=O)(=O)c1cccc(Oc2ccc(F)c(-c3ccnc4c(S(C)(=O)=O)cccc34)c2)c1. The molecule has 1 aromatic heterocycles. The number of hydrogen-bond acceptors (Lipinski definition) is 6. The van der Waals surface area contributed by atoms with Gasteiger partial charge in [0.25, 0.3) is 0 Å². The van der Waals surface area contributed by atoms with Gasteiger partial charge in [-0.25, -0.2) is 21.2 Å². The van der Waals surface area contributed by atoms with Gasteiger partial charge < -0.3 is 4.74 Å². The van der Waals surface area contributed by atoms with E-state index < -0.39 is 30.7 Å². The highest BCUT2D eigenvalue weighted by atomic mass is 32.2. The Morgan fingerprint density at radius 1 is 0.853 bits per heavy atom. The van der Waals surface area contributed by atoms with Crippen LogP contribution in [-0.4, -0.2) is 33.3 Å². The van der Waals surface area contributed by atoms with E-state index in [1.165, 1.54) is 42.6 Å². The molecular weight excluding hydrogens is 477 g/mol. The van der Waals surface area contributed by atoms with Gasteiger partial charge in [-0.1, -0.05) is 18.2 Å². The van der Waals surface area contributed by atoms with Gasteiger partial charge in [-0.2, -0.15) is 0 Å². The molecule has 0 radical (unpaired) electrons. The molecule has 0 N–H and O–H groups in total. The molecule has 34 heavy (non-hydrogen) atoms. The number of aromatic nitrogens is 1. The van der Waals surface area contributed by atoms with Gasteiger partial charge in [0.1, 0.15) is 17.3 Å². The van der Waals surface area contributed by atoms with Crippen LogP contribution >= 0.6 is 0 Å². The van der Waals surface area contributed by atoms with E-state index in [0.717, 1.165) is 6.26 Å². The molecule has 0 fully saturated rings. The molecule has 0 amide bonds. The molecule has 0 aliphatic heterocycles. The number of rotatable bonds is 6. The fourth-order valence-corrected chi connectivity index (χ4v) is 5.51. The zero-order valence-electron chi connectivity index (χ0n) is 18.7. The van der Waals surface area contributed by atoms with Crippen molar-refractivity contribution < 1.29 is 26.0 Å². The van der Waals surface area contributed by atoms with Crippen molar-refractivity contribution in [3.8, 4) is 22.6 Å². The van der Waals surface area contributed by atoms with Crippen LogP contribution in [0.2, 0.25) is 0 Å². The lowest BCUT2D eigenvalue weighted by Crippen LogP contribution is -2.13. The third-order valence-corrected chi connectivity index (χ3v) is 8.63. The number of sulfone groups is 2. The van der Waals surface area contributed by atoms with Crippen molar-refractivity contribution in [1.29, 1.82) is 0 Å². The quantitative estimate of drug-likeness (QED) is 0.352. The Morgan fingerprint density at radius 2 is 1.56 bits per heavy atom. The predicted octanol–water partition coefficient (Wildman–Crippen LogP) is 5.42. The van der Waals surface area contributed by atoms with Crippen LogP contribution in [0.15, 0.2) is 82.7 Å². The summed E-state index contributed by atoms with van der Waals surface area (Å²) in [6.07, 6.45) is 2.53. The fourth-order valence-electron chi connectivity index (χ4n) is 3.58. The summed E-state index contributed by atoms with van der Waals surface area (Å²) in [6.45, 7) is 3.20. The molecule has 0 atom stereocenters. The molecule has 3 aromatic carbocycles. The molecular formula is C25H22FNO5S2. The fraction of sp³-hybridized carbons (Fsp3) is 0.160. The Labute approximate surface area is 197 Å². The number of hydrogen-bond donors (Lipinski definition) is 0. The lowest BCUT2D eigenvalue weighted by atomic mass is 10.0. The van der Waals surface area contributed by atoms with Crippen molar-refractivity contribution in [2.24, 2.45) is 0 Å². The molecule has 0 saturated heterocycles. The average Bonchev–Trinajstić information content (AvgIpc) is 2.79. The van der Waals surface area contributed by atoms with E-state index in [1.807, 2.05) is 0 Å². The highest BCUT2D eigenvalue weighted by molar-refractivity contribution is 7.92. The van der Waals surface area contributed by atoms with Crippen LogP contribution < -0.4 is 4.74 Å². The van der Waals surface area contributed by atoms with Crippen molar-refractivity contribution in [3.63, 3.8) is 0 Å². The third-order valence-electron chi connectivity index (χ3n) is 5.35. The Kier molecular flexibility index (Phi) is 6.18. The van der Waals surface area contributed by atoms with Gasteiger partial charge >= 0.3 is 0 Å². The zero-order chi connectivity index (χ0) is 24.7. The molecule has 0 spiro atoms. The largest absolute Gasteiger partial charge is 0.457 e. The van der Waals surface area contributed by atoms with Crippen LogP contribution in [0.5, 0.6) is 11.5 Å². The van der Waals surface area contributed by atoms with E-state index in [4.69, 9.17) is 4.74 Å². The van der Waals surface area contributed by atoms with Gasteiger partial charge in [0.2, 0.25) is 0 Å². The van der Waals surface area contributed by atoms with E-state index in [9.17, 15) is 21.2 Å². The Hall–Kier alpha value is -3.30. The van der Waals surface area contributed by atoms with Crippen LogP contribution in [-0.2, 0) is 19.7 Å². The molecule has 0 aliphatic carbocycles. The van der Waals surface area contributed by atoms with Crippen LogP contribution in [0.25, 0.3) is 22.0 Å². The second kappa shape index (κ2) is 8.81. The second-order valence-corrected chi connectivity index (χ2v) is 12.6. The molecule has 1 heterocycles. The van der Waals surface area contributed by atoms with Crippen LogP contribution in [0.4, 0.5) is 4.39 Å². The van der Waals surface area contributed by atoms with Gasteiger partial charge in [0, 0.05) is 23.4 Å². The van der Waals surface area contributed by atoms with Crippen LogP contribution in [0.1, 0.15) is 13.8 Å². The molecule has 4 aromatic rings. The van der Waals surface area contributed by atoms with Crippen LogP contribution in [0, 0.1) is 5.82 Å². The topological polar surface area (TPSA) is 90.4 Å². The summed E-state index contributed by atoms with van der Waals surface area (Å²) in [7, 11) is -7.03. The van der Waals surface area contributed by atoms with Gasteiger partial charge in [-0.3, -0.25) is 4.98 Å². The van der Waals surface area contributed by atoms with E-state index in [2.05, 4.69) is 4.98 Å². The van der Waals surface area contributed by atoms with Gasteiger partial charge in [-0.05, 0) is 67.9 Å². The molecule has 0 saturated carbocycles. The van der Waals surface area contributed by atoms with Crippen molar-refractivity contribution in [1.82, 2.24) is 4.98 Å². The lowest BCUT2D eigenvalue weighted by molar-refractivity contribution is 0.479. The first-order valence-corrected chi connectivity index (χ1v) is 13.8. The van der Waals surface area contributed by atoms with Gasteiger partial charge in [0.05, 0.1) is 20.6 Å². The first-order chi connectivity index (χ1) is 16.0. The summed E-state index contributed by atoms with van der Waals surface area (Å²) in [5.74, 6) is 0.0544. The van der Waals surface area contributed by atoms with Gasteiger partial charge in [0.15, 0.2) is 19.7 Å². The van der Waals surface area contributed by atoms with Crippen molar-refractivity contribution in [2.75, 3.05) is 6.26 Å². The molecule has 6 nitrogen and oxygen atoms in total. The summed E-state index contributed by atoms with van der Waals surface area (Å²) in [6, 6.07) is 16.6. The number of nitrogens with zero attached hydrogens (tertiary/aromatic N) is 1. The highest BCUT2D eigenvalue weighted by Crippen LogP contribution is 2.35. The minimum Gasteiger partial charge on any atom is -0.457 e. The molecule has 0 aliphatic rings. The molecule has 0 bridgehead atoms. The monoisotopic (exact) mass is 499 g/mol. The first-order valence-electron chi connectivity index (χ1n) is 10.4. The highest BCUT2D eigenvalue weighted by Gasteiger charge is 2.20. The number of fused-ring (bicyclic) bond motifs is 1. The minimum atomic E-state index is -3.54. The predicted molar refractivity (Wildman–Crippen MR) is 129 cm³/mol. The summed E-state index contributed by atoms with van der Waals surface area (Å²) in [5.41, 5.74) is 0.899. The molecule has 9 heteroatoms. The van der Waals surface area contributed by atoms with Crippen molar-refractivity contribution in [2.45, 2.75) is 28.9 Å². The summed E-state index contributed by atoms with van der Waals surface area (Å²) < 4.78 is 70.1. The van der Waals surface area contributed by atoms with E-state index in [-0.39, 0.29) is 20.9 Å². The van der Waals surface area contributed by atoms with E-state index >= 15 is 0 Å². The standard InChI is InChI=1S/C25H22FNO5S2/c1-16(2)34(30,31)19-7-4-6-17(14-19)32-18-10-11-23(26)22(15-18)20-12-13-27-25-21(20)8-5-9-24(25)33(3,28)29/h4-16H,1-3H3. The lowest BCUT2D eigenvalue weighted by Gasteiger charge is -2.13. The second-order valence-electron chi connectivity index (χ2n) is 8.10. The minimum absolute atomic E-state index is 0.0582. The maximum atomic E-state index is 14.9. The summed E-state index contributed by atoms with van der Waals surface area (Å²) in [5, 5.41) is -0.108. The average molecular weight is 500 g/mol. The number of ether oxygens (including phenoxy) is 1. The molecule has 4 rings (SSSR count). The Morgan fingerprint density at radius 3 is 2.26 bits per heavy atom. The smallest absolute Gasteiger partial charge is 0.180 e. The number of pyridine rings is 1. The summed E-state index contributed by atoms with van der Waals surface area (Å²) >= 11 is 0. The molecule has 0 unspecified atom stereocenters. The third kappa shape index (κ3) is 4.53. The number of halogens is 1. The van der Waals surface area contributed by atoms with Gasteiger partial charge in [-0.15, -0.1) is 0 Å². The maximum absolute atomic E-state index is 14.9. The molecule has 176 valence electrons. The Balaban J connectivity index is 1.79. The Bertz CT molecular complexity index is 1610. The zero-order valence-corrected chi connectivity index (χ0v) is 20.3. The summed E-state index contributed by atoms with van der Waals surface area (Å²) in [4.78, 5) is 4.40. The normalized spacial score (nSPS) is 12.3. The first kappa shape index (κ1) is 23.8.